The highest BCUT2D eigenvalue weighted by molar-refractivity contribution is 8.00. The molecule has 90 valence electrons. The number of rotatable bonds is 5. The number of hydrogen-bond donors (Lipinski definition) is 1. The Bertz CT molecular complexity index is 339. The summed E-state index contributed by atoms with van der Waals surface area (Å²) in [5.74, 6) is 0.449. The molecule has 16 heavy (non-hydrogen) atoms. The molecule has 0 saturated heterocycles. The Morgan fingerprint density at radius 1 is 1.31 bits per heavy atom. The van der Waals surface area contributed by atoms with Crippen molar-refractivity contribution in [2.75, 3.05) is 6.54 Å². The Morgan fingerprint density at radius 3 is 2.56 bits per heavy atom. The normalized spacial score (nSPS) is 13.1. The van der Waals surface area contributed by atoms with Crippen LogP contribution in [0.1, 0.15) is 26.3 Å². The van der Waals surface area contributed by atoms with Crippen LogP contribution in [0.5, 0.6) is 0 Å². The molecule has 0 heterocycles. The summed E-state index contributed by atoms with van der Waals surface area (Å²) >= 11 is 1.74. The first-order chi connectivity index (χ1) is 7.56. The molecule has 2 N–H and O–H groups in total. The SMILES string of the molecule is CC(C)C(C)Sc1cccc(F)c1CCN. The van der Waals surface area contributed by atoms with Gasteiger partial charge in [-0.05, 0) is 31.0 Å². The zero-order valence-electron chi connectivity index (χ0n) is 10.2. The van der Waals surface area contributed by atoms with Crippen LogP contribution in [-0.4, -0.2) is 11.8 Å². The summed E-state index contributed by atoms with van der Waals surface area (Å²) in [7, 11) is 0. The number of benzene rings is 1. The average molecular weight is 241 g/mol. The molecule has 0 amide bonds. The highest BCUT2D eigenvalue weighted by Crippen LogP contribution is 2.31. The number of nitrogens with two attached hydrogens (primary N) is 1. The van der Waals surface area contributed by atoms with E-state index in [0.717, 1.165) is 10.5 Å². The molecule has 3 heteroatoms. The van der Waals surface area contributed by atoms with E-state index in [-0.39, 0.29) is 5.82 Å². The van der Waals surface area contributed by atoms with Crippen LogP contribution in [0.4, 0.5) is 4.39 Å². The van der Waals surface area contributed by atoms with Crippen molar-refractivity contribution >= 4 is 11.8 Å². The summed E-state index contributed by atoms with van der Waals surface area (Å²) in [5, 5.41) is 0.485. The third-order valence-electron chi connectivity index (χ3n) is 2.72. The minimum atomic E-state index is -0.133. The predicted molar refractivity (Wildman–Crippen MR) is 69.3 cm³/mol. The summed E-state index contributed by atoms with van der Waals surface area (Å²) < 4.78 is 13.6. The van der Waals surface area contributed by atoms with Gasteiger partial charge in [0.05, 0.1) is 0 Å². The molecule has 0 aromatic heterocycles. The molecule has 1 unspecified atom stereocenters. The first-order valence-corrected chi connectivity index (χ1v) is 6.58. The van der Waals surface area contributed by atoms with Crippen molar-refractivity contribution < 1.29 is 4.39 Å². The maximum absolute atomic E-state index is 13.6. The van der Waals surface area contributed by atoms with E-state index in [1.165, 1.54) is 6.07 Å². The van der Waals surface area contributed by atoms with E-state index in [1.54, 1.807) is 17.8 Å². The van der Waals surface area contributed by atoms with E-state index in [1.807, 2.05) is 6.07 Å². The van der Waals surface area contributed by atoms with E-state index in [9.17, 15) is 4.39 Å². The van der Waals surface area contributed by atoms with Crippen molar-refractivity contribution in [2.45, 2.75) is 37.3 Å². The van der Waals surface area contributed by atoms with Gasteiger partial charge in [0, 0.05) is 15.7 Å². The van der Waals surface area contributed by atoms with Crippen LogP contribution in [0.25, 0.3) is 0 Å². The molecule has 0 aliphatic rings. The zero-order valence-corrected chi connectivity index (χ0v) is 11.0. The van der Waals surface area contributed by atoms with E-state index < -0.39 is 0 Å². The smallest absolute Gasteiger partial charge is 0.127 e. The fourth-order valence-corrected chi connectivity index (χ4v) is 2.54. The summed E-state index contributed by atoms with van der Waals surface area (Å²) in [6.07, 6.45) is 0.611. The Kier molecular flexibility index (Phi) is 5.29. The first-order valence-electron chi connectivity index (χ1n) is 5.70. The molecule has 0 bridgehead atoms. The largest absolute Gasteiger partial charge is 0.330 e. The second kappa shape index (κ2) is 6.26. The number of hydrogen-bond acceptors (Lipinski definition) is 2. The van der Waals surface area contributed by atoms with Crippen LogP contribution in [0.15, 0.2) is 23.1 Å². The Morgan fingerprint density at radius 2 is 2.00 bits per heavy atom. The van der Waals surface area contributed by atoms with E-state index in [2.05, 4.69) is 20.8 Å². The summed E-state index contributed by atoms with van der Waals surface area (Å²) in [5.41, 5.74) is 6.28. The van der Waals surface area contributed by atoms with Gasteiger partial charge in [0.2, 0.25) is 0 Å². The van der Waals surface area contributed by atoms with Gasteiger partial charge in [0.25, 0.3) is 0 Å². The molecule has 1 rings (SSSR count). The maximum atomic E-state index is 13.6. The first kappa shape index (κ1) is 13.5. The van der Waals surface area contributed by atoms with E-state index in [0.29, 0.717) is 24.1 Å². The van der Waals surface area contributed by atoms with Crippen LogP contribution >= 0.6 is 11.8 Å². The highest BCUT2D eigenvalue weighted by atomic mass is 32.2. The van der Waals surface area contributed by atoms with E-state index in [4.69, 9.17) is 5.73 Å². The van der Waals surface area contributed by atoms with Gasteiger partial charge in [-0.3, -0.25) is 0 Å². The van der Waals surface area contributed by atoms with Crippen LogP contribution in [0.3, 0.4) is 0 Å². The minimum Gasteiger partial charge on any atom is -0.330 e. The third-order valence-corrected chi connectivity index (χ3v) is 4.27. The Labute approximate surface area is 102 Å². The quantitative estimate of drug-likeness (QED) is 0.799. The molecule has 0 aliphatic carbocycles. The zero-order chi connectivity index (χ0) is 12.1. The molecule has 1 aromatic rings. The molecule has 0 spiro atoms. The predicted octanol–water partition coefficient (Wildman–Crippen LogP) is 3.46. The second-order valence-corrected chi connectivity index (χ2v) is 5.74. The average Bonchev–Trinajstić information content (AvgIpc) is 2.23. The molecule has 1 atom stereocenters. The molecule has 0 fully saturated rings. The van der Waals surface area contributed by atoms with Crippen molar-refractivity contribution in [1.82, 2.24) is 0 Å². The maximum Gasteiger partial charge on any atom is 0.127 e. The highest BCUT2D eigenvalue weighted by Gasteiger charge is 2.13. The second-order valence-electron chi connectivity index (χ2n) is 4.32. The summed E-state index contributed by atoms with van der Waals surface area (Å²) in [4.78, 5) is 1.03. The van der Waals surface area contributed by atoms with Gasteiger partial charge in [-0.2, -0.15) is 0 Å². The van der Waals surface area contributed by atoms with Gasteiger partial charge < -0.3 is 5.73 Å². The lowest BCUT2D eigenvalue weighted by molar-refractivity contribution is 0.602. The van der Waals surface area contributed by atoms with Gasteiger partial charge in [-0.25, -0.2) is 4.39 Å². The van der Waals surface area contributed by atoms with Crippen LogP contribution in [-0.2, 0) is 6.42 Å². The fourth-order valence-electron chi connectivity index (χ4n) is 1.37. The standard InChI is InChI=1S/C13H20FNS/c1-9(2)10(3)16-13-6-4-5-12(14)11(13)7-8-15/h4-6,9-10H,7-8,15H2,1-3H3. The van der Waals surface area contributed by atoms with Gasteiger partial charge in [-0.1, -0.05) is 26.8 Å². The van der Waals surface area contributed by atoms with Crippen LogP contribution in [0.2, 0.25) is 0 Å². The minimum absolute atomic E-state index is 0.133. The number of halogens is 1. The molecule has 1 aromatic carbocycles. The molecule has 0 aliphatic heterocycles. The van der Waals surface area contributed by atoms with Gasteiger partial charge in [0.1, 0.15) is 5.82 Å². The van der Waals surface area contributed by atoms with Crippen molar-refractivity contribution in [3.63, 3.8) is 0 Å². The lowest BCUT2D eigenvalue weighted by Gasteiger charge is -2.17. The molecular formula is C13H20FNS. The summed E-state index contributed by atoms with van der Waals surface area (Å²) in [6.45, 7) is 7.02. The van der Waals surface area contributed by atoms with Crippen molar-refractivity contribution in [3.8, 4) is 0 Å². The topological polar surface area (TPSA) is 26.0 Å². The lowest BCUT2D eigenvalue weighted by atomic mass is 10.1. The lowest BCUT2D eigenvalue weighted by Crippen LogP contribution is -2.09. The molecular weight excluding hydrogens is 221 g/mol. The fraction of sp³-hybridized carbons (Fsp3) is 0.538. The van der Waals surface area contributed by atoms with E-state index >= 15 is 0 Å². The monoisotopic (exact) mass is 241 g/mol. The van der Waals surface area contributed by atoms with Crippen molar-refractivity contribution in [1.29, 1.82) is 0 Å². The van der Waals surface area contributed by atoms with Gasteiger partial charge in [-0.15, -0.1) is 11.8 Å². The molecule has 0 saturated carbocycles. The molecule has 1 nitrogen and oxygen atoms in total. The van der Waals surface area contributed by atoms with Crippen LogP contribution in [0, 0.1) is 11.7 Å². The number of thioether (sulfide) groups is 1. The van der Waals surface area contributed by atoms with Gasteiger partial charge in [0.15, 0.2) is 0 Å². The van der Waals surface area contributed by atoms with Crippen LogP contribution < -0.4 is 5.73 Å². The molecule has 0 radical (unpaired) electrons. The van der Waals surface area contributed by atoms with Crippen molar-refractivity contribution in [3.05, 3.63) is 29.6 Å². The summed E-state index contributed by atoms with van der Waals surface area (Å²) in [6, 6.07) is 5.26. The van der Waals surface area contributed by atoms with Gasteiger partial charge >= 0.3 is 0 Å². The van der Waals surface area contributed by atoms with Crippen molar-refractivity contribution in [2.24, 2.45) is 11.7 Å². The Balaban J connectivity index is 2.90. The Hall–Kier alpha value is -0.540. The third kappa shape index (κ3) is 3.49.